The van der Waals surface area contributed by atoms with Crippen molar-refractivity contribution in [2.24, 2.45) is 5.92 Å². The molecule has 26 heavy (non-hydrogen) atoms. The predicted molar refractivity (Wildman–Crippen MR) is 108 cm³/mol. The number of aromatic nitrogens is 2. The van der Waals surface area contributed by atoms with Crippen LogP contribution in [0.1, 0.15) is 41.9 Å². The van der Waals surface area contributed by atoms with Crippen molar-refractivity contribution in [2.45, 2.75) is 59.0 Å². The van der Waals surface area contributed by atoms with Crippen LogP contribution in [0.2, 0.25) is 0 Å². The first-order valence-corrected chi connectivity index (χ1v) is 9.96. The van der Waals surface area contributed by atoms with Gasteiger partial charge in [0.15, 0.2) is 5.16 Å². The number of imidazole rings is 1. The maximum Gasteiger partial charge on any atom is 0.336 e. The Bertz CT molecular complexity index is 1020. The molecule has 0 aliphatic carbocycles. The molecule has 0 aliphatic heterocycles. The van der Waals surface area contributed by atoms with Crippen molar-refractivity contribution < 1.29 is 4.42 Å². The Hall–Kier alpha value is -2.01. The second-order valence-corrected chi connectivity index (χ2v) is 8.28. The van der Waals surface area contributed by atoms with Crippen molar-refractivity contribution in [2.75, 3.05) is 0 Å². The first-order valence-electron chi connectivity index (χ1n) is 8.97. The van der Waals surface area contributed by atoms with Gasteiger partial charge < -0.3 is 8.98 Å². The van der Waals surface area contributed by atoms with Crippen LogP contribution in [0, 0.1) is 33.6 Å². The van der Waals surface area contributed by atoms with Crippen molar-refractivity contribution in [3.63, 3.8) is 0 Å². The molecule has 0 radical (unpaired) electrons. The molecule has 5 heteroatoms. The molecule has 4 nitrogen and oxygen atoms in total. The van der Waals surface area contributed by atoms with E-state index in [1.807, 2.05) is 19.9 Å². The highest BCUT2D eigenvalue weighted by Gasteiger charge is 2.15. The Balaban J connectivity index is 1.98. The van der Waals surface area contributed by atoms with Gasteiger partial charge in [0.1, 0.15) is 5.58 Å². The molecule has 0 saturated carbocycles. The highest BCUT2D eigenvalue weighted by atomic mass is 32.2. The van der Waals surface area contributed by atoms with Crippen LogP contribution in [-0.4, -0.2) is 9.55 Å². The van der Waals surface area contributed by atoms with Crippen LogP contribution in [0.4, 0.5) is 0 Å². The van der Waals surface area contributed by atoms with Crippen molar-refractivity contribution in [1.82, 2.24) is 9.55 Å². The summed E-state index contributed by atoms with van der Waals surface area (Å²) < 4.78 is 7.77. The van der Waals surface area contributed by atoms with Gasteiger partial charge in [-0.05, 0) is 50.3 Å². The molecule has 0 N–H and O–H groups in total. The van der Waals surface area contributed by atoms with Gasteiger partial charge in [0.25, 0.3) is 0 Å². The van der Waals surface area contributed by atoms with E-state index in [9.17, 15) is 4.79 Å². The Morgan fingerprint density at radius 2 is 1.92 bits per heavy atom. The van der Waals surface area contributed by atoms with Gasteiger partial charge >= 0.3 is 5.63 Å². The molecular weight excluding hydrogens is 344 g/mol. The van der Waals surface area contributed by atoms with Gasteiger partial charge in [-0.3, -0.25) is 0 Å². The minimum absolute atomic E-state index is 0.292. The van der Waals surface area contributed by atoms with Gasteiger partial charge in [-0.15, -0.1) is 0 Å². The number of nitrogens with zero attached hydrogens (tertiary/aromatic N) is 2. The fourth-order valence-electron chi connectivity index (χ4n) is 3.10. The van der Waals surface area contributed by atoms with Crippen LogP contribution in [0.15, 0.2) is 32.6 Å². The lowest BCUT2D eigenvalue weighted by Gasteiger charge is -2.13. The minimum Gasteiger partial charge on any atom is -0.422 e. The van der Waals surface area contributed by atoms with Gasteiger partial charge in [0.05, 0.1) is 5.69 Å². The minimum atomic E-state index is -0.292. The van der Waals surface area contributed by atoms with E-state index in [1.165, 1.54) is 5.69 Å². The number of rotatable bonds is 5. The van der Waals surface area contributed by atoms with Crippen LogP contribution < -0.4 is 5.63 Å². The molecule has 0 fully saturated rings. The summed E-state index contributed by atoms with van der Waals surface area (Å²) in [5.74, 6) is 1.25. The maximum atomic E-state index is 12.1. The lowest BCUT2D eigenvalue weighted by atomic mass is 10.0. The second kappa shape index (κ2) is 7.31. The molecule has 3 aromatic rings. The predicted octanol–water partition coefficient (Wildman–Crippen LogP) is 5.17. The third-order valence-electron chi connectivity index (χ3n) is 4.84. The molecule has 0 atom stereocenters. The topological polar surface area (TPSA) is 48.0 Å². The van der Waals surface area contributed by atoms with E-state index in [1.54, 1.807) is 17.8 Å². The van der Waals surface area contributed by atoms with E-state index < -0.39 is 0 Å². The molecule has 0 aliphatic rings. The van der Waals surface area contributed by atoms with E-state index in [0.29, 0.717) is 17.3 Å². The summed E-state index contributed by atoms with van der Waals surface area (Å²) in [7, 11) is 0. The first-order chi connectivity index (χ1) is 12.3. The molecule has 2 aromatic heterocycles. The van der Waals surface area contributed by atoms with E-state index >= 15 is 0 Å². The van der Waals surface area contributed by atoms with Crippen molar-refractivity contribution in [1.29, 1.82) is 0 Å². The summed E-state index contributed by atoms with van der Waals surface area (Å²) >= 11 is 1.68. The van der Waals surface area contributed by atoms with Gasteiger partial charge in [0, 0.05) is 29.4 Å². The number of aryl methyl sites for hydroxylation is 3. The largest absolute Gasteiger partial charge is 0.422 e. The molecule has 0 unspecified atom stereocenters. The average molecular weight is 371 g/mol. The molecule has 0 saturated heterocycles. The molecule has 138 valence electrons. The Morgan fingerprint density at radius 1 is 1.19 bits per heavy atom. The van der Waals surface area contributed by atoms with Crippen molar-refractivity contribution >= 4 is 22.7 Å². The van der Waals surface area contributed by atoms with Gasteiger partial charge in [0.2, 0.25) is 0 Å². The van der Waals surface area contributed by atoms with Crippen molar-refractivity contribution in [3.8, 4) is 0 Å². The number of benzene rings is 1. The molecule has 0 amide bonds. The first kappa shape index (κ1) is 18.8. The van der Waals surface area contributed by atoms with Gasteiger partial charge in [-0.1, -0.05) is 37.7 Å². The Labute approximate surface area is 158 Å². The number of thioether (sulfide) groups is 1. The maximum absolute atomic E-state index is 12.1. The quantitative estimate of drug-likeness (QED) is 0.459. The third-order valence-corrected chi connectivity index (χ3v) is 5.87. The van der Waals surface area contributed by atoms with Crippen LogP contribution in [-0.2, 0) is 12.3 Å². The van der Waals surface area contributed by atoms with Crippen LogP contribution >= 0.6 is 11.8 Å². The molecule has 1 aromatic carbocycles. The fourth-order valence-corrected chi connectivity index (χ4v) is 4.19. The molecular formula is C21H26N2O2S. The van der Waals surface area contributed by atoms with E-state index in [4.69, 9.17) is 9.40 Å². The van der Waals surface area contributed by atoms with E-state index in [2.05, 4.69) is 38.3 Å². The van der Waals surface area contributed by atoms with E-state index in [0.717, 1.165) is 39.5 Å². The summed E-state index contributed by atoms with van der Waals surface area (Å²) in [6.07, 6.45) is 0. The van der Waals surface area contributed by atoms with Crippen LogP contribution in [0.25, 0.3) is 11.0 Å². The average Bonchev–Trinajstić information content (AvgIpc) is 2.83. The Kier molecular flexibility index (Phi) is 5.28. The molecule has 0 bridgehead atoms. The normalized spacial score (nSPS) is 11.7. The van der Waals surface area contributed by atoms with Crippen LogP contribution in [0.3, 0.4) is 0 Å². The van der Waals surface area contributed by atoms with Gasteiger partial charge in [-0.2, -0.15) is 0 Å². The molecule has 3 rings (SSSR count). The smallest absolute Gasteiger partial charge is 0.336 e. The highest BCUT2D eigenvalue weighted by Crippen LogP contribution is 2.30. The molecule has 0 spiro atoms. The summed E-state index contributed by atoms with van der Waals surface area (Å²) in [6, 6.07) is 5.74. The summed E-state index contributed by atoms with van der Waals surface area (Å²) in [5.41, 5.74) is 5.84. The zero-order chi connectivity index (χ0) is 19.0. The number of fused-ring (bicyclic) bond motifs is 1. The molecule has 2 heterocycles. The zero-order valence-electron chi connectivity index (χ0n) is 16.3. The second-order valence-electron chi connectivity index (χ2n) is 7.33. The van der Waals surface area contributed by atoms with E-state index in [-0.39, 0.29) is 5.63 Å². The lowest BCUT2D eigenvalue weighted by Crippen LogP contribution is -2.08. The van der Waals surface area contributed by atoms with Crippen LogP contribution in [0.5, 0.6) is 0 Å². The summed E-state index contributed by atoms with van der Waals surface area (Å²) in [5, 5.41) is 2.02. The standard InChI is InChI=1S/C21H26N2O2S/c1-12(2)10-23-16(6)15(5)22-21(23)26-11-17-9-19(24)25-20-14(4)13(3)7-8-18(17)20/h7-9,12H,10-11H2,1-6H3. The van der Waals surface area contributed by atoms with Gasteiger partial charge in [-0.25, -0.2) is 9.78 Å². The number of hydrogen-bond acceptors (Lipinski definition) is 4. The highest BCUT2D eigenvalue weighted by molar-refractivity contribution is 7.98. The SMILES string of the molecule is Cc1ccc2c(CSc3nc(C)c(C)n3CC(C)C)cc(=O)oc2c1C. The number of hydrogen-bond donors (Lipinski definition) is 0. The monoisotopic (exact) mass is 370 g/mol. The Morgan fingerprint density at radius 3 is 2.62 bits per heavy atom. The van der Waals surface area contributed by atoms with Crippen molar-refractivity contribution in [3.05, 3.63) is 56.7 Å². The lowest BCUT2D eigenvalue weighted by molar-refractivity contribution is 0.486. The fraction of sp³-hybridized carbons (Fsp3) is 0.429. The third kappa shape index (κ3) is 3.58. The summed E-state index contributed by atoms with van der Waals surface area (Å²) in [4.78, 5) is 16.8. The summed E-state index contributed by atoms with van der Waals surface area (Å²) in [6.45, 7) is 13.6. The zero-order valence-corrected chi connectivity index (χ0v) is 17.2.